The van der Waals surface area contributed by atoms with Crippen molar-refractivity contribution in [3.05, 3.63) is 22.3 Å². The number of rotatable bonds is 0. The third kappa shape index (κ3) is 1.20. The average Bonchev–Trinajstić information content (AvgIpc) is 2.57. The van der Waals surface area contributed by atoms with Crippen molar-refractivity contribution in [3.63, 3.8) is 0 Å². The monoisotopic (exact) mass is 314 g/mol. The van der Waals surface area contributed by atoms with E-state index in [4.69, 9.17) is 0 Å². The first-order valence-electron chi connectivity index (χ1n) is 9.46. The Morgan fingerprint density at radius 1 is 0.565 bits per heavy atom. The molecule has 0 aliphatic heterocycles. The zero-order valence-corrected chi connectivity index (χ0v) is 17.7. The number of allylic oxidation sites excluding steroid dienone is 4. The molecule has 3 unspecified atom stereocenters. The highest BCUT2D eigenvalue weighted by Crippen LogP contribution is 2.88. The largest absolute Gasteiger partial charge is 0.0631 e. The van der Waals surface area contributed by atoms with E-state index >= 15 is 0 Å². The van der Waals surface area contributed by atoms with Gasteiger partial charge < -0.3 is 0 Å². The summed E-state index contributed by atoms with van der Waals surface area (Å²) >= 11 is 0. The van der Waals surface area contributed by atoms with Crippen LogP contribution in [0.15, 0.2) is 22.3 Å². The van der Waals surface area contributed by atoms with Gasteiger partial charge in [-0.2, -0.15) is 0 Å². The highest BCUT2D eigenvalue weighted by atomic mass is 14.8. The summed E-state index contributed by atoms with van der Waals surface area (Å²) in [4.78, 5) is 0. The van der Waals surface area contributed by atoms with Crippen LogP contribution in [0, 0.1) is 32.5 Å². The summed E-state index contributed by atoms with van der Waals surface area (Å²) in [7, 11) is 0. The molecule has 0 nitrogen and oxygen atoms in total. The molecule has 0 heteroatoms. The van der Waals surface area contributed by atoms with Gasteiger partial charge in [0.1, 0.15) is 0 Å². The molecule has 0 N–H and O–H groups in total. The van der Waals surface area contributed by atoms with E-state index in [1.54, 1.807) is 22.3 Å². The number of hydrogen-bond acceptors (Lipinski definition) is 0. The smallest absolute Gasteiger partial charge is 0.000540 e. The van der Waals surface area contributed by atoms with Gasteiger partial charge in [-0.3, -0.25) is 0 Å². The van der Waals surface area contributed by atoms with Crippen molar-refractivity contribution in [2.24, 2.45) is 32.5 Å². The van der Waals surface area contributed by atoms with Crippen molar-refractivity contribution in [2.45, 2.75) is 89.5 Å². The third-order valence-electron chi connectivity index (χ3n) is 11.3. The molecule has 0 aromatic carbocycles. The molecule has 0 heterocycles. The first kappa shape index (κ1) is 17.3. The summed E-state index contributed by atoms with van der Waals surface area (Å²) in [5, 5.41) is 0. The predicted molar refractivity (Wildman–Crippen MR) is 101 cm³/mol. The van der Waals surface area contributed by atoms with E-state index in [0.717, 1.165) is 0 Å². The summed E-state index contributed by atoms with van der Waals surface area (Å²) in [5.74, 6) is 0. The van der Waals surface area contributed by atoms with Gasteiger partial charge in [-0.15, -0.1) is 0 Å². The minimum absolute atomic E-state index is 0.204. The lowest BCUT2D eigenvalue weighted by Crippen LogP contribution is -2.70. The fourth-order valence-electron chi connectivity index (χ4n) is 7.85. The molecule has 3 bridgehead atoms. The molecule has 0 radical (unpaired) electrons. The van der Waals surface area contributed by atoms with Gasteiger partial charge in [-0.25, -0.2) is 0 Å². The predicted octanol–water partition coefficient (Wildman–Crippen LogP) is 7.17. The van der Waals surface area contributed by atoms with Gasteiger partial charge in [0.25, 0.3) is 0 Å². The Morgan fingerprint density at radius 3 is 1.48 bits per heavy atom. The van der Waals surface area contributed by atoms with Crippen LogP contribution in [0.1, 0.15) is 89.5 Å². The standard InChI is InChI=1S/C23H38/c1-14-15(2)17-13-21(10)20(8,9)23(17,12)19(6,7)18(4,5)22(21,11)16(14)3/h13H2,1-12H3. The van der Waals surface area contributed by atoms with Gasteiger partial charge >= 0.3 is 0 Å². The van der Waals surface area contributed by atoms with Gasteiger partial charge in [0.15, 0.2) is 0 Å². The molecule has 3 atom stereocenters. The van der Waals surface area contributed by atoms with Crippen molar-refractivity contribution in [3.8, 4) is 0 Å². The SMILES string of the molecule is CC1=C2CC3(C)C(C)(C)C2(C)C(C)(C)C(C)(C)C3(C)C(C)=C1C. The zero-order chi connectivity index (χ0) is 18.0. The Kier molecular flexibility index (Phi) is 2.88. The second kappa shape index (κ2) is 3.83. The molecule has 3 aliphatic rings. The lowest BCUT2D eigenvalue weighted by atomic mass is 9.28. The third-order valence-corrected chi connectivity index (χ3v) is 11.3. The van der Waals surface area contributed by atoms with Crippen LogP contribution in [0.25, 0.3) is 0 Å². The van der Waals surface area contributed by atoms with E-state index in [0.29, 0.717) is 5.41 Å². The van der Waals surface area contributed by atoms with Crippen molar-refractivity contribution >= 4 is 0 Å². The lowest BCUT2D eigenvalue weighted by molar-refractivity contribution is -0.246. The minimum Gasteiger partial charge on any atom is -0.0631 e. The van der Waals surface area contributed by atoms with Crippen LogP contribution >= 0.6 is 0 Å². The van der Waals surface area contributed by atoms with E-state index in [9.17, 15) is 0 Å². The van der Waals surface area contributed by atoms with Crippen LogP contribution in [0.3, 0.4) is 0 Å². The van der Waals surface area contributed by atoms with Crippen molar-refractivity contribution in [1.29, 1.82) is 0 Å². The summed E-state index contributed by atoms with van der Waals surface area (Å²) in [6.07, 6.45) is 1.26. The first-order chi connectivity index (χ1) is 10.1. The van der Waals surface area contributed by atoms with Gasteiger partial charge in [-0.05, 0) is 60.0 Å². The molecule has 0 aromatic rings. The summed E-state index contributed by atoms with van der Waals surface area (Å²) in [5.41, 5.74) is 8.06. The molecule has 0 saturated heterocycles. The van der Waals surface area contributed by atoms with Gasteiger partial charge in [-0.1, -0.05) is 73.5 Å². The molecule has 0 aromatic heterocycles. The molecule has 0 amide bonds. The van der Waals surface area contributed by atoms with Crippen LogP contribution < -0.4 is 0 Å². The summed E-state index contributed by atoms with van der Waals surface area (Å²) < 4.78 is 0. The van der Waals surface area contributed by atoms with Crippen LogP contribution in [0.5, 0.6) is 0 Å². The molecule has 23 heavy (non-hydrogen) atoms. The second-order valence-corrected chi connectivity index (χ2v) is 11.0. The maximum absolute atomic E-state index is 2.60. The molecule has 130 valence electrons. The molecule has 0 spiro atoms. The topological polar surface area (TPSA) is 0 Å². The van der Waals surface area contributed by atoms with Crippen LogP contribution in [0.2, 0.25) is 0 Å². The average molecular weight is 315 g/mol. The molecule has 2 fully saturated rings. The Bertz CT molecular complexity index is 660. The Balaban J connectivity index is 2.63. The van der Waals surface area contributed by atoms with Crippen LogP contribution in [-0.2, 0) is 0 Å². The minimum atomic E-state index is 0.204. The van der Waals surface area contributed by atoms with E-state index < -0.39 is 0 Å². The van der Waals surface area contributed by atoms with E-state index in [-0.39, 0.29) is 27.1 Å². The van der Waals surface area contributed by atoms with Crippen molar-refractivity contribution in [1.82, 2.24) is 0 Å². The number of fused-ring (bicyclic) bond motifs is 3. The van der Waals surface area contributed by atoms with E-state index in [1.807, 2.05) is 0 Å². The van der Waals surface area contributed by atoms with Crippen LogP contribution in [-0.4, -0.2) is 0 Å². The quantitative estimate of drug-likeness (QED) is 0.444. The fraction of sp³-hybridized carbons (Fsp3) is 0.826. The molecule has 3 rings (SSSR count). The maximum Gasteiger partial charge on any atom is 0.000540 e. The van der Waals surface area contributed by atoms with Crippen molar-refractivity contribution < 1.29 is 0 Å². The molecular weight excluding hydrogens is 276 g/mol. The number of hydrogen-bond donors (Lipinski definition) is 0. The molecule has 3 aliphatic carbocycles. The van der Waals surface area contributed by atoms with Crippen molar-refractivity contribution in [2.75, 3.05) is 0 Å². The normalized spacial score (nSPS) is 46.4. The van der Waals surface area contributed by atoms with Gasteiger partial charge in [0, 0.05) is 10.8 Å². The Hall–Kier alpha value is -0.520. The van der Waals surface area contributed by atoms with Gasteiger partial charge in [0.2, 0.25) is 0 Å². The second-order valence-electron chi connectivity index (χ2n) is 11.0. The van der Waals surface area contributed by atoms with Gasteiger partial charge in [0.05, 0.1) is 0 Å². The Morgan fingerprint density at radius 2 is 1.00 bits per heavy atom. The molecule has 2 saturated carbocycles. The first-order valence-corrected chi connectivity index (χ1v) is 9.46. The fourth-order valence-corrected chi connectivity index (χ4v) is 7.85. The van der Waals surface area contributed by atoms with E-state index in [1.165, 1.54) is 6.42 Å². The lowest BCUT2D eigenvalue weighted by Gasteiger charge is -2.75. The zero-order valence-electron chi connectivity index (χ0n) is 17.7. The molecular formula is C23H38. The van der Waals surface area contributed by atoms with Crippen LogP contribution in [0.4, 0.5) is 0 Å². The summed E-state index contributed by atoms with van der Waals surface area (Å²) in [6, 6.07) is 0. The highest BCUT2D eigenvalue weighted by Gasteiger charge is 2.81. The summed E-state index contributed by atoms with van der Waals surface area (Å²) in [6.45, 7) is 30.3. The maximum atomic E-state index is 2.60. The Labute approximate surface area is 144 Å². The highest BCUT2D eigenvalue weighted by molar-refractivity contribution is 5.54. The van der Waals surface area contributed by atoms with E-state index in [2.05, 4.69) is 83.1 Å².